The molecule has 0 atom stereocenters. The van der Waals surface area contributed by atoms with Gasteiger partial charge >= 0.3 is 11.6 Å². The van der Waals surface area contributed by atoms with E-state index in [9.17, 15) is 14.4 Å². The Balaban J connectivity index is 1.52. The second kappa shape index (κ2) is 8.24. The molecule has 32 heavy (non-hydrogen) atoms. The largest absolute Gasteiger partial charge is 0.457 e. The van der Waals surface area contributed by atoms with Gasteiger partial charge in [0.15, 0.2) is 0 Å². The van der Waals surface area contributed by atoms with E-state index in [1.54, 1.807) is 6.07 Å². The molecular weight excluding hydrogens is 426 g/mol. The van der Waals surface area contributed by atoms with Gasteiger partial charge < -0.3 is 14.5 Å². The van der Waals surface area contributed by atoms with Crippen LogP contribution in [0.25, 0.3) is 21.7 Å². The average molecular weight is 448 g/mol. The van der Waals surface area contributed by atoms with Crippen molar-refractivity contribution < 1.29 is 18.7 Å². The number of rotatable bonds is 4. The van der Waals surface area contributed by atoms with E-state index in [0.29, 0.717) is 21.7 Å². The molecule has 1 aliphatic rings. The number of fused-ring (bicyclic) bond motifs is 4. The molecule has 0 aliphatic heterocycles. The van der Waals surface area contributed by atoms with Crippen molar-refractivity contribution in [1.82, 2.24) is 0 Å². The van der Waals surface area contributed by atoms with Crippen molar-refractivity contribution in [3.05, 3.63) is 74.5 Å². The number of anilines is 1. The molecule has 7 heteroatoms. The number of thiophene rings is 1. The molecule has 0 spiro atoms. The third kappa shape index (κ3) is 3.69. The molecule has 0 unspecified atom stereocenters. The van der Waals surface area contributed by atoms with E-state index >= 15 is 0 Å². The van der Waals surface area contributed by atoms with E-state index in [1.807, 2.05) is 30.3 Å². The third-order valence-electron chi connectivity index (χ3n) is 5.74. The number of hydrogen-bond donors (Lipinski definition) is 1. The topological polar surface area (TPSA) is 85.6 Å². The molecule has 2 heterocycles. The Morgan fingerprint density at radius 2 is 1.94 bits per heavy atom. The highest BCUT2D eigenvalue weighted by molar-refractivity contribution is 7.17. The predicted molar refractivity (Wildman–Crippen MR) is 124 cm³/mol. The molecule has 6 nitrogen and oxygen atoms in total. The summed E-state index contributed by atoms with van der Waals surface area (Å²) >= 11 is 1.45. The number of ether oxygens (including phenoxy) is 1. The van der Waals surface area contributed by atoms with Crippen molar-refractivity contribution in [2.24, 2.45) is 0 Å². The van der Waals surface area contributed by atoms with Gasteiger partial charge in [-0.15, -0.1) is 11.3 Å². The third-order valence-corrected chi connectivity index (χ3v) is 6.95. The minimum absolute atomic E-state index is 0.0704. The van der Waals surface area contributed by atoms with E-state index in [0.717, 1.165) is 52.3 Å². The second-order valence-corrected chi connectivity index (χ2v) is 9.03. The SMILES string of the molecule is CC(=O)Nc1sc2c(c1C(=O)OCc1cc(=O)oc3ccc4ccccc4c13)CCCC2. The number of carbonyl (C=O) groups excluding carboxylic acids is 2. The van der Waals surface area contributed by atoms with Gasteiger partial charge in [0.2, 0.25) is 5.91 Å². The Morgan fingerprint density at radius 1 is 1.12 bits per heavy atom. The molecule has 1 N–H and O–H groups in total. The highest BCUT2D eigenvalue weighted by Crippen LogP contribution is 2.39. The first-order valence-electron chi connectivity index (χ1n) is 10.5. The lowest BCUT2D eigenvalue weighted by atomic mass is 9.95. The number of carbonyl (C=O) groups is 2. The molecule has 0 bridgehead atoms. The maximum absolute atomic E-state index is 13.2. The van der Waals surface area contributed by atoms with Crippen LogP contribution in [0.3, 0.4) is 0 Å². The normalized spacial score (nSPS) is 13.2. The van der Waals surface area contributed by atoms with Crippen molar-refractivity contribution in [3.63, 3.8) is 0 Å². The molecule has 1 aliphatic carbocycles. The molecule has 0 radical (unpaired) electrons. The molecule has 5 rings (SSSR count). The van der Waals surface area contributed by atoms with E-state index < -0.39 is 11.6 Å². The molecule has 1 amide bonds. The van der Waals surface area contributed by atoms with Crippen molar-refractivity contribution in [2.75, 3.05) is 5.32 Å². The van der Waals surface area contributed by atoms with Gasteiger partial charge in [0, 0.05) is 28.8 Å². The summed E-state index contributed by atoms with van der Waals surface area (Å²) < 4.78 is 11.1. The summed E-state index contributed by atoms with van der Waals surface area (Å²) in [5, 5.41) is 6.00. The molecule has 2 aromatic heterocycles. The van der Waals surface area contributed by atoms with Gasteiger partial charge in [-0.25, -0.2) is 9.59 Å². The summed E-state index contributed by atoms with van der Waals surface area (Å²) in [7, 11) is 0. The molecular formula is C25H21NO5S. The lowest BCUT2D eigenvalue weighted by molar-refractivity contribution is -0.114. The van der Waals surface area contributed by atoms with Gasteiger partial charge in [-0.2, -0.15) is 0 Å². The second-order valence-electron chi connectivity index (χ2n) is 7.92. The minimum atomic E-state index is -0.495. The van der Waals surface area contributed by atoms with Crippen LogP contribution >= 0.6 is 11.3 Å². The van der Waals surface area contributed by atoms with Crippen molar-refractivity contribution in [1.29, 1.82) is 0 Å². The summed E-state index contributed by atoms with van der Waals surface area (Å²) in [6.45, 7) is 1.35. The molecule has 4 aromatic rings. The average Bonchev–Trinajstić information content (AvgIpc) is 3.14. The van der Waals surface area contributed by atoms with Gasteiger partial charge in [0.1, 0.15) is 17.2 Å². The molecule has 0 saturated carbocycles. The fourth-order valence-corrected chi connectivity index (χ4v) is 5.70. The van der Waals surface area contributed by atoms with Crippen LogP contribution in [-0.2, 0) is 29.0 Å². The Labute approximate surface area is 187 Å². The first-order valence-corrected chi connectivity index (χ1v) is 11.4. The van der Waals surface area contributed by atoms with Gasteiger partial charge in [-0.05, 0) is 48.1 Å². The van der Waals surface area contributed by atoms with Crippen LogP contribution in [0.1, 0.15) is 46.1 Å². The summed E-state index contributed by atoms with van der Waals surface area (Å²) in [6, 6.07) is 12.8. The Bertz CT molecular complexity index is 1430. The quantitative estimate of drug-likeness (QED) is 0.264. The number of nitrogens with one attached hydrogen (secondary N) is 1. The van der Waals surface area contributed by atoms with Crippen LogP contribution in [0, 0.1) is 0 Å². The Hall–Kier alpha value is -3.45. The first-order chi connectivity index (χ1) is 15.5. The summed E-state index contributed by atoms with van der Waals surface area (Å²) in [5.74, 6) is -0.717. The summed E-state index contributed by atoms with van der Waals surface area (Å²) in [4.78, 5) is 38.1. The monoisotopic (exact) mass is 447 g/mol. The van der Waals surface area contributed by atoms with Crippen LogP contribution in [0.15, 0.2) is 51.7 Å². The van der Waals surface area contributed by atoms with Crippen LogP contribution in [0.4, 0.5) is 5.00 Å². The van der Waals surface area contributed by atoms with Gasteiger partial charge in [0.05, 0.1) is 5.56 Å². The molecule has 0 saturated heterocycles. The Kier molecular flexibility index (Phi) is 5.27. The smallest absolute Gasteiger partial charge is 0.341 e. The fraction of sp³-hybridized carbons (Fsp3) is 0.240. The molecule has 0 fully saturated rings. The summed E-state index contributed by atoms with van der Waals surface area (Å²) in [5.41, 5.74) is 1.96. The minimum Gasteiger partial charge on any atom is -0.457 e. The lowest BCUT2D eigenvalue weighted by Crippen LogP contribution is -2.14. The first kappa shape index (κ1) is 20.5. The van der Waals surface area contributed by atoms with Gasteiger partial charge in [-0.3, -0.25) is 4.79 Å². The van der Waals surface area contributed by atoms with Crippen LogP contribution in [0.5, 0.6) is 0 Å². The number of esters is 1. The van der Waals surface area contributed by atoms with Crippen molar-refractivity contribution >= 4 is 50.0 Å². The standard InChI is InChI=1S/C25H21NO5S/c1-14(27)26-24-23(18-8-4-5-9-20(18)32-24)25(29)30-13-16-12-21(28)31-19-11-10-15-6-2-3-7-17(15)22(16)19/h2-3,6-7,10-12H,4-5,8-9,13H2,1H3,(H,26,27). The zero-order chi connectivity index (χ0) is 22.2. The van der Waals surface area contributed by atoms with E-state index in [-0.39, 0.29) is 12.5 Å². The van der Waals surface area contributed by atoms with Gasteiger partial charge in [0.25, 0.3) is 0 Å². The highest BCUT2D eigenvalue weighted by atomic mass is 32.1. The van der Waals surface area contributed by atoms with Crippen molar-refractivity contribution in [3.8, 4) is 0 Å². The van der Waals surface area contributed by atoms with Gasteiger partial charge in [-0.1, -0.05) is 30.3 Å². The van der Waals surface area contributed by atoms with Crippen LogP contribution in [0.2, 0.25) is 0 Å². The lowest BCUT2D eigenvalue weighted by Gasteiger charge is -2.13. The zero-order valence-electron chi connectivity index (χ0n) is 17.5. The highest BCUT2D eigenvalue weighted by Gasteiger charge is 2.27. The Morgan fingerprint density at radius 3 is 2.78 bits per heavy atom. The predicted octanol–water partition coefficient (Wildman–Crippen LogP) is 5.20. The van der Waals surface area contributed by atoms with E-state index in [1.165, 1.54) is 24.3 Å². The zero-order valence-corrected chi connectivity index (χ0v) is 18.3. The maximum atomic E-state index is 13.2. The number of hydrogen-bond acceptors (Lipinski definition) is 6. The number of aryl methyl sites for hydroxylation is 1. The molecule has 2 aromatic carbocycles. The fourth-order valence-electron chi connectivity index (χ4n) is 4.38. The van der Waals surface area contributed by atoms with Crippen molar-refractivity contribution in [2.45, 2.75) is 39.2 Å². The van der Waals surface area contributed by atoms with Crippen LogP contribution < -0.4 is 10.9 Å². The summed E-state index contributed by atoms with van der Waals surface area (Å²) in [6.07, 6.45) is 3.76. The van der Waals surface area contributed by atoms with E-state index in [2.05, 4.69) is 5.32 Å². The maximum Gasteiger partial charge on any atom is 0.341 e. The number of amides is 1. The van der Waals surface area contributed by atoms with Crippen LogP contribution in [-0.4, -0.2) is 11.9 Å². The molecule has 162 valence electrons. The van der Waals surface area contributed by atoms with E-state index in [4.69, 9.17) is 9.15 Å². The number of benzene rings is 2.